The molecule has 13 rings (SSSR count). The molecule has 0 N–H and O–H groups in total. The molecule has 2 unspecified atom stereocenters. The van der Waals surface area contributed by atoms with Crippen LogP contribution < -0.4 is 4.74 Å². The number of allylic oxidation sites excluding steroid dienone is 3. The molecule has 0 fully saturated rings. The molecule has 2 aliphatic carbocycles. The third kappa shape index (κ3) is 5.11. The van der Waals surface area contributed by atoms with Crippen LogP contribution in [0.25, 0.3) is 87.1 Å². The molecule has 0 bridgehead atoms. The molecule has 0 saturated carbocycles. The molecule has 1 spiro atoms. The van der Waals surface area contributed by atoms with E-state index >= 15 is 0 Å². The number of hydrogen-bond acceptors (Lipinski definition) is 4. The SMILES string of the molecule is CC1C=C2C(=CC1)Oc1ccccc1C21c2ccccc2-c2cc(-c3ccccc3-c3nc(-c4ccc(-c5ccccc5)cc4)nc4c3sc3c5ccccc5ccc43)ccc21. The normalized spacial score (nSPS) is 17.3. The Bertz CT molecular complexity index is 3540. The summed E-state index contributed by atoms with van der Waals surface area (Å²) in [4.78, 5) is 10.9. The summed E-state index contributed by atoms with van der Waals surface area (Å²) in [5.74, 6) is 3.03. The third-order valence-corrected chi connectivity index (χ3v) is 14.5. The average molecular weight is 811 g/mol. The van der Waals surface area contributed by atoms with E-state index in [1.165, 1.54) is 60.0 Å². The van der Waals surface area contributed by atoms with Crippen LogP contribution >= 0.6 is 11.3 Å². The molecule has 10 aromatic rings. The summed E-state index contributed by atoms with van der Waals surface area (Å²) in [6, 6.07) is 65.9. The van der Waals surface area contributed by atoms with Crippen LogP contribution in [0.15, 0.2) is 205 Å². The fourth-order valence-corrected chi connectivity index (χ4v) is 11.8. The van der Waals surface area contributed by atoms with E-state index < -0.39 is 5.41 Å². The first-order valence-corrected chi connectivity index (χ1v) is 22.3. The highest BCUT2D eigenvalue weighted by Gasteiger charge is 2.53. The molecule has 4 heteroatoms. The van der Waals surface area contributed by atoms with Gasteiger partial charge in [0.15, 0.2) is 5.82 Å². The van der Waals surface area contributed by atoms with Crippen LogP contribution in [0.3, 0.4) is 0 Å². The van der Waals surface area contributed by atoms with Gasteiger partial charge >= 0.3 is 0 Å². The molecule has 62 heavy (non-hydrogen) atoms. The van der Waals surface area contributed by atoms with Gasteiger partial charge in [-0.15, -0.1) is 11.3 Å². The van der Waals surface area contributed by atoms with Gasteiger partial charge in [-0.2, -0.15) is 0 Å². The van der Waals surface area contributed by atoms with Crippen molar-refractivity contribution < 1.29 is 4.74 Å². The van der Waals surface area contributed by atoms with Crippen molar-refractivity contribution in [2.45, 2.75) is 18.8 Å². The second kappa shape index (κ2) is 13.6. The summed E-state index contributed by atoms with van der Waals surface area (Å²) >= 11 is 1.80. The smallest absolute Gasteiger partial charge is 0.160 e. The summed E-state index contributed by atoms with van der Waals surface area (Å²) in [5.41, 5.74) is 15.7. The Morgan fingerprint density at radius 3 is 2.08 bits per heavy atom. The van der Waals surface area contributed by atoms with E-state index in [-0.39, 0.29) is 0 Å². The third-order valence-electron chi connectivity index (χ3n) is 13.3. The van der Waals surface area contributed by atoms with E-state index in [0.717, 1.165) is 67.3 Å². The minimum absolute atomic E-state index is 0.408. The number of benzene rings is 8. The zero-order valence-corrected chi connectivity index (χ0v) is 34.8. The molecule has 292 valence electrons. The van der Waals surface area contributed by atoms with Gasteiger partial charge in [0.25, 0.3) is 0 Å². The Morgan fingerprint density at radius 2 is 1.21 bits per heavy atom. The summed E-state index contributed by atoms with van der Waals surface area (Å²) in [6.07, 6.45) is 5.73. The molecule has 2 atom stereocenters. The van der Waals surface area contributed by atoms with Gasteiger partial charge in [-0.25, -0.2) is 9.97 Å². The summed E-state index contributed by atoms with van der Waals surface area (Å²) in [6.45, 7) is 2.31. The van der Waals surface area contributed by atoms with Crippen LogP contribution in [-0.2, 0) is 5.41 Å². The van der Waals surface area contributed by atoms with E-state index in [4.69, 9.17) is 14.7 Å². The Morgan fingerprint density at radius 1 is 0.532 bits per heavy atom. The first-order valence-electron chi connectivity index (χ1n) is 21.5. The molecule has 3 nitrogen and oxygen atoms in total. The number of hydrogen-bond donors (Lipinski definition) is 0. The predicted octanol–water partition coefficient (Wildman–Crippen LogP) is 15.2. The summed E-state index contributed by atoms with van der Waals surface area (Å²) in [7, 11) is 0. The van der Waals surface area contributed by atoms with E-state index in [0.29, 0.717) is 5.92 Å². The highest BCUT2D eigenvalue weighted by atomic mass is 32.1. The molecule has 3 heterocycles. The van der Waals surface area contributed by atoms with Crippen molar-refractivity contribution in [1.82, 2.24) is 9.97 Å². The van der Waals surface area contributed by atoms with Gasteiger partial charge in [-0.3, -0.25) is 0 Å². The summed E-state index contributed by atoms with van der Waals surface area (Å²) in [5, 5.41) is 3.62. The number of fused-ring (bicyclic) bond motifs is 14. The maximum atomic E-state index is 6.69. The molecule has 1 aliphatic heterocycles. The molecular weight excluding hydrogens is 773 g/mol. The van der Waals surface area contributed by atoms with Crippen molar-refractivity contribution in [2.75, 3.05) is 0 Å². The first-order chi connectivity index (χ1) is 30.6. The standard InChI is InChI=1S/C58H38N2OS/c1-35-23-32-52-50(33-35)58(49-21-11-12-22-51(49)61-52)47-20-10-9-18-43(47)46-34-40(29-31-48(46)58)41-16-7-8-19-44(41)53-56-54(45-30-28-38-15-5-6-17-42(38)55(45)62-56)60-57(59-53)39-26-24-37(25-27-39)36-13-3-2-4-14-36/h2-22,24-35H,23H2,1H3. The number of rotatable bonds is 4. The second-order valence-corrected chi connectivity index (χ2v) is 17.9. The zero-order valence-electron chi connectivity index (χ0n) is 34.0. The lowest BCUT2D eigenvalue weighted by atomic mass is 9.63. The van der Waals surface area contributed by atoms with Crippen LogP contribution in [0.5, 0.6) is 5.75 Å². The van der Waals surface area contributed by atoms with Crippen molar-refractivity contribution >= 4 is 42.4 Å². The molecule has 0 saturated heterocycles. The van der Waals surface area contributed by atoms with E-state index in [1.807, 2.05) is 0 Å². The number of ether oxygens (including phenoxy) is 1. The van der Waals surface area contributed by atoms with Gasteiger partial charge in [-0.05, 0) is 85.8 Å². The molecule has 0 radical (unpaired) electrons. The second-order valence-electron chi connectivity index (χ2n) is 16.8. The lowest BCUT2D eigenvalue weighted by Gasteiger charge is -2.42. The molecule has 3 aliphatic rings. The quantitative estimate of drug-likeness (QED) is 0.178. The Labute approximate surface area is 364 Å². The number of nitrogens with zero attached hydrogens (tertiary/aromatic N) is 2. The number of thiophene rings is 1. The van der Waals surface area contributed by atoms with Gasteiger partial charge in [0.05, 0.1) is 21.3 Å². The highest BCUT2D eigenvalue weighted by Crippen LogP contribution is 2.62. The van der Waals surface area contributed by atoms with Crippen molar-refractivity contribution in [1.29, 1.82) is 0 Å². The number of aromatic nitrogens is 2. The average Bonchev–Trinajstić information content (AvgIpc) is 3.86. The number of para-hydroxylation sites is 1. The van der Waals surface area contributed by atoms with E-state index in [1.54, 1.807) is 11.3 Å². The van der Waals surface area contributed by atoms with Gasteiger partial charge < -0.3 is 4.74 Å². The monoisotopic (exact) mass is 810 g/mol. The Kier molecular flexibility index (Phi) is 7.73. The predicted molar refractivity (Wildman–Crippen MR) is 257 cm³/mol. The maximum Gasteiger partial charge on any atom is 0.160 e. The van der Waals surface area contributed by atoms with Gasteiger partial charge in [0, 0.05) is 32.3 Å². The van der Waals surface area contributed by atoms with E-state index in [9.17, 15) is 0 Å². The van der Waals surface area contributed by atoms with Crippen molar-refractivity contribution in [3.63, 3.8) is 0 Å². The molecule has 2 aromatic heterocycles. The topological polar surface area (TPSA) is 35.0 Å². The zero-order chi connectivity index (χ0) is 40.9. The maximum absolute atomic E-state index is 6.69. The Hall–Kier alpha value is -7.40. The van der Waals surface area contributed by atoms with Crippen molar-refractivity contribution in [2.24, 2.45) is 5.92 Å². The lowest BCUT2D eigenvalue weighted by Crippen LogP contribution is -2.36. The minimum atomic E-state index is -0.483. The highest BCUT2D eigenvalue weighted by molar-refractivity contribution is 7.27. The fourth-order valence-electron chi connectivity index (χ4n) is 10.5. The van der Waals surface area contributed by atoms with Crippen molar-refractivity contribution in [3.8, 4) is 61.8 Å². The van der Waals surface area contributed by atoms with Crippen molar-refractivity contribution in [3.05, 3.63) is 222 Å². The van der Waals surface area contributed by atoms with Gasteiger partial charge in [0.2, 0.25) is 0 Å². The van der Waals surface area contributed by atoms with E-state index in [2.05, 4.69) is 201 Å². The largest absolute Gasteiger partial charge is 0.457 e. The Balaban J connectivity index is 1.03. The lowest BCUT2D eigenvalue weighted by molar-refractivity contribution is 0.378. The molecule has 0 amide bonds. The first kappa shape index (κ1) is 35.4. The van der Waals surface area contributed by atoms with Crippen LogP contribution in [-0.4, -0.2) is 9.97 Å². The molecule has 8 aromatic carbocycles. The van der Waals surface area contributed by atoms with Gasteiger partial charge in [0.1, 0.15) is 11.5 Å². The minimum Gasteiger partial charge on any atom is -0.457 e. The van der Waals surface area contributed by atoms with Crippen LogP contribution in [0.2, 0.25) is 0 Å². The summed E-state index contributed by atoms with van der Waals surface area (Å²) < 4.78 is 9.02. The van der Waals surface area contributed by atoms with Crippen LogP contribution in [0, 0.1) is 5.92 Å². The van der Waals surface area contributed by atoms with Crippen LogP contribution in [0.1, 0.15) is 30.0 Å². The molecular formula is C58H38N2OS. The fraction of sp³-hybridized carbons (Fsp3) is 0.0690. The van der Waals surface area contributed by atoms with Gasteiger partial charge in [-0.1, -0.05) is 183 Å². The van der Waals surface area contributed by atoms with Crippen LogP contribution in [0.4, 0.5) is 0 Å².